The van der Waals surface area contributed by atoms with Gasteiger partial charge < -0.3 is 9.88 Å². The molecule has 4 rings (SSSR count). The van der Waals surface area contributed by atoms with E-state index in [0.717, 1.165) is 50.1 Å². The van der Waals surface area contributed by atoms with E-state index in [9.17, 15) is 9.59 Å². The van der Waals surface area contributed by atoms with Crippen molar-refractivity contribution in [1.82, 2.24) is 24.5 Å². The van der Waals surface area contributed by atoms with Crippen molar-refractivity contribution in [3.05, 3.63) is 39.9 Å². The van der Waals surface area contributed by atoms with Crippen LogP contribution in [0.5, 0.6) is 0 Å². The number of hydrogen-bond donors (Lipinski definition) is 1. The third kappa shape index (κ3) is 2.69. The number of fused-ring (bicyclic) bond motifs is 3. The van der Waals surface area contributed by atoms with Crippen LogP contribution in [0.4, 0.5) is 0 Å². The standard InChI is InChI=1S/C18H21N5O2/c1-2-6-15-20-21-16-17(24)19-13-11-12(7-8-14(13)23(15)16)18(25)22-9-4-3-5-10-22/h7-8,11H,2-6,9-10H2,1H3,(H,19,24). The lowest BCUT2D eigenvalue weighted by Crippen LogP contribution is -2.35. The van der Waals surface area contributed by atoms with Crippen LogP contribution in [0.25, 0.3) is 16.7 Å². The van der Waals surface area contributed by atoms with Gasteiger partial charge in [0.25, 0.3) is 11.5 Å². The van der Waals surface area contributed by atoms with E-state index < -0.39 is 0 Å². The molecule has 0 unspecified atom stereocenters. The minimum Gasteiger partial charge on any atom is -0.339 e. The number of nitrogens with zero attached hydrogens (tertiary/aromatic N) is 4. The fourth-order valence-corrected chi connectivity index (χ4v) is 3.52. The molecule has 0 spiro atoms. The third-order valence-corrected chi connectivity index (χ3v) is 4.78. The third-order valence-electron chi connectivity index (χ3n) is 4.78. The Morgan fingerprint density at radius 1 is 1.20 bits per heavy atom. The molecule has 7 heteroatoms. The molecular formula is C18H21N5O2. The van der Waals surface area contributed by atoms with Gasteiger partial charge in [-0.3, -0.25) is 14.0 Å². The molecule has 0 aliphatic carbocycles. The van der Waals surface area contributed by atoms with Crippen LogP contribution in [0.3, 0.4) is 0 Å². The molecule has 0 bridgehead atoms. The number of carbonyl (C=O) groups excluding carboxylic acids is 1. The van der Waals surface area contributed by atoms with Gasteiger partial charge in [-0.25, -0.2) is 0 Å². The Morgan fingerprint density at radius 3 is 2.76 bits per heavy atom. The van der Waals surface area contributed by atoms with Crippen molar-refractivity contribution in [1.29, 1.82) is 0 Å². The van der Waals surface area contributed by atoms with E-state index in [1.807, 2.05) is 17.0 Å². The lowest BCUT2D eigenvalue weighted by atomic mass is 10.1. The van der Waals surface area contributed by atoms with E-state index in [2.05, 4.69) is 22.1 Å². The quantitative estimate of drug-likeness (QED) is 0.792. The number of nitrogens with one attached hydrogen (secondary N) is 1. The molecule has 7 nitrogen and oxygen atoms in total. The number of likely N-dealkylation sites (tertiary alicyclic amines) is 1. The van der Waals surface area contributed by atoms with Crippen molar-refractivity contribution >= 4 is 22.6 Å². The van der Waals surface area contributed by atoms with E-state index in [4.69, 9.17) is 0 Å². The molecule has 1 N–H and O–H groups in total. The van der Waals surface area contributed by atoms with Crippen LogP contribution >= 0.6 is 0 Å². The maximum absolute atomic E-state index is 12.7. The highest BCUT2D eigenvalue weighted by atomic mass is 16.2. The topological polar surface area (TPSA) is 83.4 Å². The Hall–Kier alpha value is -2.70. The molecule has 1 saturated heterocycles. The highest BCUT2D eigenvalue weighted by Gasteiger charge is 2.19. The number of benzene rings is 1. The minimum atomic E-state index is -0.287. The smallest absolute Gasteiger partial charge is 0.294 e. The van der Waals surface area contributed by atoms with Crippen LogP contribution in [0.2, 0.25) is 0 Å². The number of amides is 1. The van der Waals surface area contributed by atoms with Crippen molar-refractivity contribution in [2.75, 3.05) is 13.1 Å². The Morgan fingerprint density at radius 2 is 2.00 bits per heavy atom. The highest BCUT2D eigenvalue weighted by molar-refractivity contribution is 5.97. The molecule has 3 heterocycles. The lowest BCUT2D eigenvalue weighted by molar-refractivity contribution is 0.0724. The summed E-state index contributed by atoms with van der Waals surface area (Å²) in [6.07, 6.45) is 4.95. The van der Waals surface area contributed by atoms with Gasteiger partial charge in [0.15, 0.2) is 0 Å². The van der Waals surface area contributed by atoms with Crippen molar-refractivity contribution in [2.24, 2.45) is 0 Å². The molecule has 1 aliphatic heterocycles. The molecule has 2 aromatic heterocycles. The predicted molar refractivity (Wildman–Crippen MR) is 94.9 cm³/mol. The van der Waals surface area contributed by atoms with Crippen LogP contribution in [-0.2, 0) is 6.42 Å². The number of rotatable bonds is 3. The number of piperidine rings is 1. The summed E-state index contributed by atoms with van der Waals surface area (Å²) in [6.45, 7) is 3.67. The first kappa shape index (κ1) is 15.8. The maximum atomic E-state index is 12.7. The fraction of sp³-hybridized carbons (Fsp3) is 0.444. The van der Waals surface area contributed by atoms with E-state index in [0.29, 0.717) is 16.7 Å². The second-order valence-corrected chi connectivity index (χ2v) is 6.56. The van der Waals surface area contributed by atoms with Crippen molar-refractivity contribution in [3.63, 3.8) is 0 Å². The van der Waals surface area contributed by atoms with Crippen LogP contribution in [0, 0.1) is 0 Å². The van der Waals surface area contributed by atoms with Gasteiger partial charge in [-0.2, -0.15) is 0 Å². The van der Waals surface area contributed by atoms with Crippen molar-refractivity contribution in [2.45, 2.75) is 39.0 Å². The average molecular weight is 339 g/mol. The largest absolute Gasteiger partial charge is 0.339 e. The fourth-order valence-electron chi connectivity index (χ4n) is 3.52. The summed E-state index contributed by atoms with van der Waals surface area (Å²) in [5, 5.41) is 8.16. The monoisotopic (exact) mass is 339 g/mol. The highest BCUT2D eigenvalue weighted by Crippen LogP contribution is 2.19. The Kier molecular flexibility index (Phi) is 3.99. The zero-order valence-corrected chi connectivity index (χ0v) is 14.3. The molecule has 3 aromatic rings. The first-order valence-corrected chi connectivity index (χ1v) is 8.88. The van der Waals surface area contributed by atoms with Gasteiger partial charge >= 0.3 is 0 Å². The number of hydrogen-bond acceptors (Lipinski definition) is 4. The van der Waals surface area contributed by atoms with Crippen LogP contribution in [0.1, 0.15) is 48.8 Å². The van der Waals surface area contributed by atoms with Gasteiger partial charge in [-0.15, -0.1) is 10.2 Å². The number of carbonyl (C=O) groups is 1. The zero-order chi connectivity index (χ0) is 17.4. The normalized spacial score (nSPS) is 15.2. The van der Waals surface area contributed by atoms with Crippen LogP contribution in [0.15, 0.2) is 23.0 Å². The van der Waals surface area contributed by atoms with Gasteiger partial charge in [0.05, 0.1) is 11.0 Å². The Labute approximate surface area is 144 Å². The van der Waals surface area contributed by atoms with E-state index in [1.165, 1.54) is 6.42 Å². The Bertz CT molecular complexity index is 998. The molecule has 130 valence electrons. The molecule has 1 amide bonds. The summed E-state index contributed by atoms with van der Waals surface area (Å²) in [6, 6.07) is 5.47. The second-order valence-electron chi connectivity index (χ2n) is 6.56. The summed E-state index contributed by atoms with van der Waals surface area (Å²) in [5.41, 5.74) is 2.07. The summed E-state index contributed by atoms with van der Waals surface area (Å²) >= 11 is 0. The molecule has 1 aromatic carbocycles. The number of aromatic amines is 1. The number of aromatic nitrogens is 4. The second kappa shape index (κ2) is 6.31. The van der Waals surface area contributed by atoms with Crippen LogP contribution < -0.4 is 5.56 Å². The molecule has 0 radical (unpaired) electrons. The first-order chi connectivity index (χ1) is 12.2. The average Bonchev–Trinajstić information content (AvgIpc) is 3.06. The van der Waals surface area contributed by atoms with Gasteiger partial charge in [0, 0.05) is 25.1 Å². The summed E-state index contributed by atoms with van der Waals surface area (Å²) in [5.74, 6) is 0.795. The summed E-state index contributed by atoms with van der Waals surface area (Å²) < 4.78 is 1.80. The van der Waals surface area contributed by atoms with Crippen molar-refractivity contribution in [3.8, 4) is 0 Å². The molecule has 1 aliphatic rings. The molecular weight excluding hydrogens is 318 g/mol. The lowest BCUT2D eigenvalue weighted by Gasteiger charge is -2.26. The van der Waals surface area contributed by atoms with E-state index in [-0.39, 0.29) is 11.5 Å². The molecule has 25 heavy (non-hydrogen) atoms. The maximum Gasteiger partial charge on any atom is 0.294 e. The van der Waals surface area contributed by atoms with Crippen LogP contribution in [-0.4, -0.2) is 43.5 Å². The summed E-state index contributed by atoms with van der Waals surface area (Å²) in [7, 11) is 0. The Balaban J connectivity index is 1.83. The van der Waals surface area contributed by atoms with Gasteiger partial charge in [-0.1, -0.05) is 6.92 Å². The zero-order valence-electron chi connectivity index (χ0n) is 14.3. The van der Waals surface area contributed by atoms with E-state index in [1.54, 1.807) is 10.5 Å². The summed E-state index contributed by atoms with van der Waals surface area (Å²) in [4.78, 5) is 29.8. The van der Waals surface area contributed by atoms with E-state index >= 15 is 0 Å². The van der Waals surface area contributed by atoms with Crippen molar-refractivity contribution < 1.29 is 4.79 Å². The number of aryl methyl sites for hydroxylation is 1. The molecule has 0 atom stereocenters. The first-order valence-electron chi connectivity index (χ1n) is 8.88. The van der Waals surface area contributed by atoms with Gasteiger partial charge in [0.1, 0.15) is 5.82 Å². The minimum absolute atomic E-state index is 0.0279. The molecule has 1 fully saturated rings. The van der Waals surface area contributed by atoms with Gasteiger partial charge in [0.2, 0.25) is 5.65 Å². The number of H-pyrrole nitrogens is 1. The predicted octanol–water partition coefficient (Wildman–Crippen LogP) is 2.15. The molecule has 0 saturated carbocycles. The SMILES string of the molecule is CCCc1nnc2c(=O)[nH]c3cc(C(=O)N4CCCCC4)ccc3n12. The van der Waals surface area contributed by atoms with Gasteiger partial charge in [-0.05, 0) is 43.9 Å².